The van der Waals surface area contributed by atoms with Crippen LogP contribution in [0.5, 0.6) is 0 Å². The van der Waals surface area contributed by atoms with Crippen LogP contribution in [0.15, 0.2) is 61.1 Å². The van der Waals surface area contributed by atoms with Crippen LogP contribution < -0.4 is 11.1 Å². The average molecular weight is 439 g/mol. The van der Waals surface area contributed by atoms with Crippen LogP contribution in [0.1, 0.15) is 16.1 Å². The number of halogens is 2. The Balaban J connectivity index is 1.67. The number of benzene rings is 1. The highest BCUT2D eigenvalue weighted by molar-refractivity contribution is 6.37. The predicted molar refractivity (Wildman–Crippen MR) is 118 cm³/mol. The molecule has 0 aliphatic rings. The van der Waals surface area contributed by atoms with E-state index >= 15 is 0 Å². The number of carbonyl (C=O) groups is 1. The lowest BCUT2D eigenvalue weighted by atomic mass is 10.1. The standard InChI is InChI=1S/C21H16Cl2N6O/c1-12-4-3-9-25-18(12)16-8-7-13(10-26-16)27-17-11-29(28-19(17)21(24)30)20-14(22)5-2-6-15(20)23/h2-11,27H,1H3,(H2,24,30). The van der Waals surface area contributed by atoms with Gasteiger partial charge in [-0.2, -0.15) is 5.10 Å². The first-order valence-corrected chi connectivity index (χ1v) is 9.68. The molecule has 0 spiro atoms. The van der Waals surface area contributed by atoms with E-state index in [1.165, 1.54) is 4.68 Å². The van der Waals surface area contributed by atoms with Gasteiger partial charge in [0.2, 0.25) is 0 Å². The van der Waals surface area contributed by atoms with Crippen LogP contribution in [-0.2, 0) is 0 Å². The zero-order valence-corrected chi connectivity index (χ0v) is 17.3. The third-order valence-corrected chi connectivity index (χ3v) is 5.02. The molecule has 4 aromatic rings. The number of aromatic nitrogens is 4. The maximum absolute atomic E-state index is 11.9. The Morgan fingerprint density at radius 1 is 1.07 bits per heavy atom. The molecule has 30 heavy (non-hydrogen) atoms. The zero-order valence-electron chi connectivity index (χ0n) is 15.8. The molecule has 9 heteroatoms. The number of anilines is 2. The van der Waals surface area contributed by atoms with Crippen LogP contribution in [0.25, 0.3) is 17.1 Å². The summed E-state index contributed by atoms with van der Waals surface area (Å²) in [6, 6.07) is 12.6. The first-order chi connectivity index (χ1) is 14.4. The number of pyridine rings is 2. The van der Waals surface area contributed by atoms with Crippen molar-refractivity contribution in [2.24, 2.45) is 5.73 Å². The quantitative estimate of drug-likeness (QED) is 0.466. The average Bonchev–Trinajstić information content (AvgIpc) is 3.12. The van der Waals surface area contributed by atoms with E-state index in [1.54, 1.807) is 36.8 Å². The van der Waals surface area contributed by atoms with Gasteiger partial charge in [-0.3, -0.25) is 14.8 Å². The predicted octanol–water partition coefficient (Wildman–Crippen LogP) is 4.79. The molecule has 4 rings (SSSR count). The highest BCUT2D eigenvalue weighted by Crippen LogP contribution is 2.30. The minimum absolute atomic E-state index is 0.0515. The maximum Gasteiger partial charge on any atom is 0.271 e. The first-order valence-electron chi connectivity index (χ1n) is 8.93. The molecule has 1 aromatic carbocycles. The van der Waals surface area contributed by atoms with E-state index in [-0.39, 0.29) is 5.69 Å². The summed E-state index contributed by atoms with van der Waals surface area (Å²) >= 11 is 12.5. The second-order valence-electron chi connectivity index (χ2n) is 6.50. The van der Waals surface area contributed by atoms with Gasteiger partial charge in [0.1, 0.15) is 5.69 Å². The molecule has 0 saturated carbocycles. The number of nitrogens with one attached hydrogen (secondary N) is 1. The van der Waals surface area contributed by atoms with Gasteiger partial charge in [0.25, 0.3) is 5.91 Å². The van der Waals surface area contributed by atoms with Crippen molar-refractivity contribution >= 4 is 40.5 Å². The highest BCUT2D eigenvalue weighted by Gasteiger charge is 2.18. The summed E-state index contributed by atoms with van der Waals surface area (Å²) in [5.74, 6) is -0.687. The third-order valence-electron chi connectivity index (χ3n) is 4.41. The summed E-state index contributed by atoms with van der Waals surface area (Å²) < 4.78 is 1.42. The second-order valence-corrected chi connectivity index (χ2v) is 7.31. The molecular weight excluding hydrogens is 423 g/mol. The summed E-state index contributed by atoms with van der Waals surface area (Å²) in [7, 11) is 0. The summed E-state index contributed by atoms with van der Waals surface area (Å²) in [5, 5.41) is 8.16. The molecule has 1 amide bonds. The lowest BCUT2D eigenvalue weighted by molar-refractivity contribution is 0.0996. The van der Waals surface area contributed by atoms with Gasteiger partial charge in [0, 0.05) is 6.20 Å². The fourth-order valence-electron chi connectivity index (χ4n) is 2.99. The van der Waals surface area contributed by atoms with Gasteiger partial charge in [-0.1, -0.05) is 35.3 Å². The number of carbonyl (C=O) groups excluding carboxylic acids is 1. The molecule has 0 aliphatic carbocycles. The third kappa shape index (κ3) is 3.85. The van der Waals surface area contributed by atoms with Crippen molar-refractivity contribution < 1.29 is 4.79 Å². The number of hydrogen-bond acceptors (Lipinski definition) is 5. The monoisotopic (exact) mass is 438 g/mol. The maximum atomic E-state index is 11.9. The van der Waals surface area contributed by atoms with Crippen LogP contribution in [0.3, 0.4) is 0 Å². The molecule has 7 nitrogen and oxygen atoms in total. The SMILES string of the molecule is Cc1cccnc1-c1ccc(Nc2cn(-c3c(Cl)cccc3Cl)nc2C(N)=O)cn1. The molecule has 0 aliphatic heterocycles. The Morgan fingerprint density at radius 3 is 2.47 bits per heavy atom. The minimum atomic E-state index is -0.687. The smallest absolute Gasteiger partial charge is 0.271 e. The number of nitrogens with two attached hydrogens (primary N) is 1. The summed E-state index contributed by atoms with van der Waals surface area (Å²) in [6.45, 7) is 1.98. The molecule has 3 heterocycles. The lowest BCUT2D eigenvalue weighted by Crippen LogP contribution is -2.14. The fourth-order valence-corrected chi connectivity index (χ4v) is 3.56. The lowest BCUT2D eigenvalue weighted by Gasteiger charge is -2.07. The highest BCUT2D eigenvalue weighted by atomic mass is 35.5. The Labute approximate surface area is 182 Å². The van der Waals surface area contributed by atoms with Crippen molar-refractivity contribution in [2.45, 2.75) is 6.92 Å². The molecule has 150 valence electrons. The van der Waals surface area contributed by atoms with Crippen molar-refractivity contribution in [1.29, 1.82) is 0 Å². The number of rotatable bonds is 5. The summed E-state index contributed by atoms with van der Waals surface area (Å²) in [6.07, 6.45) is 4.97. The number of para-hydroxylation sites is 1. The van der Waals surface area contributed by atoms with E-state index in [9.17, 15) is 4.79 Å². The van der Waals surface area contributed by atoms with Crippen molar-refractivity contribution in [3.63, 3.8) is 0 Å². The summed E-state index contributed by atoms with van der Waals surface area (Å²) in [5.41, 5.74) is 9.65. The number of amides is 1. The molecule has 3 N–H and O–H groups in total. The molecule has 0 atom stereocenters. The molecule has 0 unspecified atom stereocenters. The van der Waals surface area contributed by atoms with E-state index < -0.39 is 5.91 Å². The van der Waals surface area contributed by atoms with Gasteiger partial charge in [-0.25, -0.2) is 4.68 Å². The van der Waals surface area contributed by atoms with E-state index in [4.69, 9.17) is 28.9 Å². The number of nitrogens with zero attached hydrogens (tertiary/aromatic N) is 4. The number of primary amides is 1. The van der Waals surface area contributed by atoms with Gasteiger partial charge in [0.15, 0.2) is 5.69 Å². The Bertz CT molecular complexity index is 1220. The van der Waals surface area contributed by atoms with Gasteiger partial charge in [0.05, 0.1) is 45.2 Å². The minimum Gasteiger partial charge on any atom is -0.364 e. The van der Waals surface area contributed by atoms with E-state index in [0.29, 0.717) is 27.1 Å². The van der Waals surface area contributed by atoms with Crippen LogP contribution in [0, 0.1) is 6.92 Å². The van der Waals surface area contributed by atoms with Crippen molar-refractivity contribution in [2.75, 3.05) is 5.32 Å². The van der Waals surface area contributed by atoms with Crippen LogP contribution in [0.4, 0.5) is 11.4 Å². The van der Waals surface area contributed by atoms with Crippen molar-refractivity contribution in [3.05, 3.63) is 82.4 Å². The number of aryl methyl sites for hydroxylation is 1. The van der Waals surface area contributed by atoms with Gasteiger partial charge >= 0.3 is 0 Å². The fraction of sp³-hybridized carbons (Fsp3) is 0.0476. The Kier molecular flexibility index (Phi) is 5.39. The normalized spacial score (nSPS) is 10.8. The zero-order chi connectivity index (χ0) is 21.3. The second kappa shape index (κ2) is 8.14. The van der Waals surface area contributed by atoms with Crippen LogP contribution >= 0.6 is 23.2 Å². The molecule has 0 fully saturated rings. The van der Waals surface area contributed by atoms with Gasteiger partial charge in [-0.05, 0) is 42.8 Å². The Hall–Kier alpha value is -3.42. The van der Waals surface area contributed by atoms with Crippen LogP contribution in [-0.4, -0.2) is 25.7 Å². The molecular formula is C21H16Cl2N6O. The Morgan fingerprint density at radius 2 is 1.83 bits per heavy atom. The van der Waals surface area contributed by atoms with E-state index in [1.807, 2.05) is 31.2 Å². The van der Waals surface area contributed by atoms with E-state index in [0.717, 1.165) is 17.0 Å². The molecule has 0 bridgehead atoms. The van der Waals surface area contributed by atoms with Crippen molar-refractivity contribution in [1.82, 2.24) is 19.7 Å². The van der Waals surface area contributed by atoms with Crippen LogP contribution in [0.2, 0.25) is 10.0 Å². The number of hydrogen-bond donors (Lipinski definition) is 2. The molecule has 0 saturated heterocycles. The topological polar surface area (TPSA) is 98.7 Å². The summed E-state index contributed by atoms with van der Waals surface area (Å²) in [4.78, 5) is 20.8. The van der Waals surface area contributed by atoms with Gasteiger partial charge in [-0.15, -0.1) is 0 Å². The molecule has 3 aromatic heterocycles. The van der Waals surface area contributed by atoms with Gasteiger partial charge < -0.3 is 11.1 Å². The first kappa shape index (κ1) is 19.9. The van der Waals surface area contributed by atoms with Crippen molar-refractivity contribution in [3.8, 4) is 17.1 Å². The largest absolute Gasteiger partial charge is 0.364 e. The van der Waals surface area contributed by atoms with E-state index in [2.05, 4.69) is 20.4 Å². The molecule has 0 radical (unpaired) electrons.